The van der Waals surface area contributed by atoms with E-state index >= 15 is 0 Å². The molecule has 0 atom stereocenters. The Bertz CT molecular complexity index is 709. The van der Waals surface area contributed by atoms with Crippen LogP contribution in [-0.4, -0.2) is 36.1 Å². The van der Waals surface area contributed by atoms with Crippen LogP contribution in [0.4, 0.5) is 16.0 Å². The molecule has 3 rings (SSSR count). The zero-order chi connectivity index (χ0) is 18.5. The van der Waals surface area contributed by atoms with Crippen LogP contribution in [0.3, 0.4) is 0 Å². The van der Waals surface area contributed by atoms with Crippen molar-refractivity contribution < 1.29 is 4.39 Å². The highest BCUT2D eigenvalue weighted by molar-refractivity contribution is 5.49. The molecule has 1 saturated carbocycles. The maximum Gasteiger partial charge on any atom is 0.133 e. The lowest BCUT2D eigenvalue weighted by Gasteiger charge is -2.30. The minimum Gasteiger partial charge on any atom is -0.367 e. The van der Waals surface area contributed by atoms with Gasteiger partial charge in [0.2, 0.25) is 0 Å². The molecule has 140 valence electrons. The van der Waals surface area contributed by atoms with E-state index in [-0.39, 0.29) is 5.82 Å². The lowest BCUT2D eigenvalue weighted by Crippen LogP contribution is -2.36. The van der Waals surface area contributed by atoms with Crippen molar-refractivity contribution in [1.29, 1.82) is 0 Å². The van der Waals surface area contributed by atoms with Crippen LogP contribution in [0.2, 0.25) is 0 Å². The van der Waals surface area contributed by atoms with E-state index in [4.69, 9.17) is 0 Å². The number of nitrogens with zero attached hydrogens (tertiary/aromatic N) is 3. The summed E-state index contributed by atoms with van der Waals surface area (Å²) in [6.45, 7) is 2.72. The smallest absolute Gasteiger partial charge is 0.133 e. The van der Waals surface area contributed by atoms with Crippen molar-refractivity contribution >= 4 is 11.6 Å². The third kappa shape index (κ3) is 5.14. The number of anilines is 2. The molecule has 1 aromatic heterocycles. The van der Waals surface area contributed by atoms with Gasteiger partial charge in [-0.3, -0.25) is 0 Å². The summed E-state index contributed by atoms with van der Waals surface area (Å²) >= 11 is 0. The Balaban J connectivity index is 1.47. The largest absolute Gasteiger partial charge is 0.367 e. The highest BCUT2D eigenvalue weighted by Gasteiger charge is 2.21. The number of halogens is 1. The van der Waals surface area contributed by atoms with Gasteiger partial charge in [-0.05, 0) is 50.3 Å². The van der Waals surface area contributed by atoms with Crippen molar-refractivity contribution in [2.75, 3.05) is 24.3 Å². The first kappa shape index (κ1) is 18.6. The van der Waals surface area contributed by atoms with Gasteiger partial charge in [0.15, 0.2) is 0 Å². The molecule has 6 heteroatoms. The van der Waals surface area contributed by atoms with Gasteiger partial charge < -0.3 is 15.5 Å². The number of rotatable bonds is 6. The lowest BCUT2D eigenvalue weighted by atomic mass is 9.91. The second kappa shape index (κ2) is 8.45. The molecule has 1 heterocycles. The highest BCUT2D eigenvalue weighted by atomic mass is 19.1. The molecule has 1 fully saturated rings. The van der Waals surface area contributed by atoms with Crippen molar-refractivity contribution in [3.63, 3.8) is 0 Å². The first-order chi connectivity index (χ1) is 12.5. The van der Waals surface area contributed by atoms with E-state index in [1.807, 2.05) is 44.1 Å². The van der Waals surface area contributed by atoms with Gasteiger partial charge in [-0.1, -0.05) is 12.1 Å². The molecular weight excluding hydrogens is 329 g/mol. The number of aryl methyl sites for hydroxylation is 1. The maximum absolute atomic E-state index is 13.0. The summed E-state index contributed by atoms with van der Waals surface area (Å²) in [5, 5.41) is 7.16. The molecular formula is C20H28FN5. The molecule has 0 unspecified atom stereocenters. The number of hydrogen-bond donors (Lipinski definition) is 2. The molecule has 2 N–H and O–H groups in total. The van der Waals surface area contributed by atoms with Crippen LogP contribution in [-0.2, 0) is 6.54 Å². The van der Waals surface area contributed by atoms with Crippen LogP contribution in [0.25, 0.3) is 0 Å². The second-order valence-corrected chi connectivity index (χ2v) is 7.25. The standard InChI is InChI=1S/C20H28FN5/c1-14-23-19(12-20(24-14)26(2)3)25-18-10-8-17(9-11-18)22-13-15-4-6-16(21)7-5-15/h4-7,12,17-18,22H,8-11,13H2,1-3H3,(H,23,24,25). The molecule has 0 radical (unpaired) electrons. The van der Waals surface area contributed by atoms with Crippen LogP contribution in [0, 0.1) is 12.7 Å². The molecule has 0 bridgehead atoms. The van der Waals surface area contributed by atoms with Crippen LogP contribution >= 0.6 is 0 Å². The number of hydrogen-bond acceptors (Lipinski definition) is 5. The van der Waals surface area contributed by atoms with Gasteiger partial charge in [-0.2, -0.15) is 0 Å². The third-order valence-corrected chi connectivity index (χ3v) is 4.87. The molecule has 0 saturated heterocycles. The fourth-order valence-corrected chi connectivity index (χ4v) is 3.37. The molecule has 1 aliphatic carbocycles. The minimum atomic E-state index is -0.183. The Morgan fingerprint density at radius 2 is 1.69 bits per heavy atom. The molecule has 26 heavy (non-hydrogen) atoms. The molecule has 1 aliphatic rings. The van der Waals surface area contributed by atoms with Gasteiger partial charge in [0.05, 0.1) is 0 Å². The van der Waals surface area contributed by atoms with E-state index < -0.39 is 0 Å². The lowest BCUT2D eigenvalue weighted by molar-refractivity contribution is 0.352. The summed E-state index contributed by atoms with van der Waals surface area (Å²) in [6, 6.07) is 9.69. The Hall–Kier alpha value is -2.21. The van der Waals surface area contributed by atoms with E-state index in [0.717, 1.165) is 55.3 Å². The average molecular weight is 357 g/mol. The number of benzene rings is 1. The monoisotopic (exact) mass is 357 g/mol. The summed E-state index contributed by atoms with van der Waals surface area (Å²) < 4.78 is 13.0. The van der Waals surface area contributed by atoms with Crippen LogP contribution < -0.4 is 15.5 Å². The fraction of sp³-hybridized carbons (Fsp3) is 0.500. The molecule has 5 nitrogen and oxygen atoms in total. The zero-order valence-corrected chi connectivity index (χ0v) is 15.8. The molecule has 0 aliphatic heterocycles. The Morgan fingerprint density at radius 1 is 1.04 bits per heavy atom. The van der Waals surface area contributed by atoms with Gasteiger partial charge >= 0.3 is 0 Å². The summed E-state index contributed by atoms with van der Waals surface area (Å²) in [5.74, 6) is 2.43. The molecule has 2 aromatic rings. The SMILES string of the molecule is Cc1nc(NC2CCC(NCc3ccc(F)cc3)CC2)cc(N(C)C)n1. The van der Waals surface area contributed by atoms with Gasteiger partial charge in [-0.25, -0.2) is 14.4 Å². The third-order valence-electron chi connectivity index (χ3n) is 4.87. The Morgan fingerprint density at radius 3 is 2.35 bits per heavy atom. The van der Waals surface area contributed by atoms with Crippen molar-refractivity contribution in [1.82, 2.24) is 15.3 Å². The maximum atomic E-state index is 13.0. The van der Waals surface area contributed by atoms with E-state index in [2.05, 4.69) is 20.6 Å². The van der Waals surface area contributed by atoms with Gasteiger partial charge in [0, 0.05) is 38.8 Å². The van der Waals surface area contributed by atoms with Crippen LogP contribution in [0.15, 0.2) is 30.3 Å². The normalized spacial score (nSPS) is 20.0. The zero-order valence-electron chi connectivity index (χ0n) is 15.8. The second-order valence-electron chi connectivity index (χ2n) is 7.25. The van der Waals surface area contributed by atoms with E-state index in [1.165, 1.54) is 12.1 Å². The topological polar surface area (TPSA) is 53.1 Å². The van der Waals surface area contributed by atoms with E-state index in [0.29, 0.717) is 12.1 Å². The summed E-state index contributed by atoms with van der Waals surface area (Å²) in [6.07, 6.45) is 4.48. The quantitative estimate of drug-likeness (QED) is 0.829. The van der Waals surface area contributed by atoms with Crippen LogP contribution in [0.5, 0.6) is 0 Å². The summed E-state index contributed by atoms with van der Waals surface area (Å²) in [7, 11) is 3.98. The molecule has 0 amide bonds. The highest BCUT2D eigenvalue weighted by Crippen LogP contribution is 2.23. The predicted molar refractivity (Wildman–Crippen MR) is 104 cm³/mol. The molecule has 0 spiro atoms. The fourth-order valence-electron chi connectivity index (χ4n) is 3.37. The van der Waals surface area contributed by atoms with Crippen molar-refractivity contribution in [3.05, 3.63) is 47.5 Å². The van der Waals surface area contributed by atoms with Crippen molar-refractivity contribution in [2.24, 2.45) is 0 Å². The molecule has 1 aromatic carbocycles. The summed E-state index contributed by atoms with van der Waals surface area (Å²) in [5.41, 5.74) is 1.12. The first-order valence-corrected chi connectivity index (χ1v) is 9.27. The van der Waals surface area contributed by atoms with Gasteiger partial charge in [0.1, 0.15) is 23.3 Å². The van der Waals surface area contributed by atoms with Gasteiger partial charge in [0.25, 0.3) is 0 Å². The minimum absolute atomic E-state index is 0.183. The van der Waals surface area contributed by atoms with E-state index in [9.17, 15) is 4.39 Å². The van der Waals surface area contributed by atoms with Crippen LogP contribution in [0.1, 0.15) is 37.1 Å². The number of nitrogens with one attached hydrogen (secondary N) is 2. The Kier molecular flexibility index (Phi) is 6.04. The van der Waals surface area contributed by atoms with Crippen molar-refractivity contribution in [3.8, 4) is 0 Å². The Labute approximate surface area is 155 Å². The number of aromatic nitrogens is 2. The van der Waals surface area contributed by atoms with Gasteiger partial charge in [-0.15, -0.1) is 0 Å². The van der Waals surface area contributed by atoms with E-state index in [1.54, 1.807) is 0 Å². The predicted octanol–water partition coefficient (Wildman–Crippen LogP) is 3.50. The summed E-state index contributed by atoms with van der Waals surface area (Å²) in [4.78, 5) is 11.0. The first-order valence-electron chi connectivity index (χ1n) is 9.27. The average Bonchev–Trinajstić information content (AvgIpc) is 2.62. The van der Waals surface area contributed by atoms with Crippen molar-refractivity contribution in [2.45, 2.75) is 51.2 Å².